The second-order valence-corrected chi connectivity index (χ2v) is 6.79. The monoisotopic (exact) mass is 384 g/mol. The van der Waals surface area contributed by atoms with E-state index in [0.717, 1.165) is 22.8 Å². The van der Waals surface area contributed by atoms with Gasteiger partial charge < -0.3 is 5.32 Å². The minimum atomic E-state index is -4.75. The van der Waals surface area contributed by atoms with E-state index in [-0.39, 0.29) is 5.69 Å². The average molecular weight is 384 g/mol. The minimum Gasteiger partial charge on any atom is -0.332 e. The summed E-state index contributed by atoms with van der Waals surface area (Å²) in [5.74, 6) is -1.31. The average Bonchev–Trinajstić information content (AvgIpc) is 3.24. The summed E-state index contributed by atoms with van der Waals surface area (Å²) in [4.78, 5) is 9.45. The number of alkyl halides is 3. The summed E-state index contributed by atoms with van der Waals surface area (Å²) in [5.41, 5.74) is 0.237. The number of nitrogens with one attached hydrogen (secondary N) is 1. The fourth-order valence-electron chi connectivity index (χ4n) is 2.31. The molecule has 3 aromatic heterocycles. The number of hydrogen-bond acceptors (Lipinski definition) is 5. The topological polar surface area (TPSA) is 42.2 Å². The predicted octanol–water partition coefficient (Wildman–Crippen LogP) is 5.42. The first-order valence-electron chi connectivity index (χ1n) is 6.92. The van der Waals surface area contributed by atoms with Gasteiger partial charge in [-0.1, -0.05) is 0 Å². The summed E-state index contributed by atoms with van der Waals surface area (Å²) in [6, 6.07) is 2.75. The van der Waals surface area contributed by atoms with Crippen molar-refractivity contribution in [1.29, 1.82) is 0 Å². The van der Waals surface area contributed by atoms with E-state index in [1.54, 1.807) is 11.6 Å². The van der Waals surface area contributed by atoms with Crippen molar-refractivity contribution in [2.45, 2.75) is 6.18 Å². The molecule has 4 aromatic rings. The lowest BCUT2D eigenvalue weighted by Crippen LogP contribution is -2.08. The number of rotatable bonds is 3. The Morgan fingerprint density at radius 2 is 2.00 bits per heavy atom. The number of hydrogen-bond donors (Lipinski definition) is 1. The largest absolute Gasteiger partial charge is 0.419 e. The van der Waals surface area contributed by atoms with E-state index >= 15 is 0 Å². The summed E-state index contributed by atoms with van der Waals surface area (Å²) in [5, 5.41) is 6.86. The normalized spacial score (nSPS) is 12.0. The van der Waals surface area contributed by atoms with Crippen LogP contribution in [0.3, 0.4) is 0 Å². The van der Waals surface area contributed by atoms with Crippen molar-refractivity contribution < 1.29 is 17.6 Å². The molecule has 0 aliphatic rings. The van der Waals surface area contributed by atoms with E-state index in [1.807, 2.05) is 16.0 Å². The van der Waals surface area contributed by atoms with Gasteiger partial charge in [0.15, 0.2) is 10.1 Å². The van der Waals surface area contributed by atoms with Gasteiger partial charge in [0.1, 0.15) is 11.5 Å². The molecule has 0 radical (unpaired) electrons. The van der Waals surface area contributed by atoms with Crippen LogP contribution in [0.15, 0.2) is 41.4 Å². The van der Waals surface area contributed by atoms with Gasteiger partial charge in [-0.3, -0.25) is 4.40 Å². The molecule has 4 nitrogen and oxygen atoms in total. The van der Waals surface area contributed by atoms with Crippen molar-refractivity contribution in [3.05, 3.63) is 52.7 Å². The zero-order valence-corrected chi connectivity index (χ0v) is 13.8. The molecule has 0 amide bonds. The van der Waals surface area contributed by atoms with Crippen molar-refractivity contribution in [3.63, 3.8) is 0 Å². The Labute approximate surface area is 146 Å². The molecule has 0 fully saturated rings. The highest BCUT2D eigenvalue weighted by molar-refractivity contribution is 7.15. The Hall–Kier alpha value is -2.46. The van der Waals surface area contributed by atoms with Crippen molar-refractivity contribution in [2.24, 2.45) is 0 Å². The smallest absolute Gasteiger partial charge is 0.332 e. The second-order valence-electron chi connectivity index (χ2n) is 5.05. The highest BCUT2D eigenvalue weighted by atomic mass is 32.1. The van der Waals surface area contributed by atoms with Crippen LogP contribution in [-0.2, 0) is 6.18 Å². The zero-order valence-electron chi connectivity index (χ0n) is 12.2. The Morgan fingerprint density at radius 3 is 2.80 bits per heavy atom. The molecule has 0 aliphatic heterocycles. The standard InChI is InChI=1S/C15H8F4N4S2/c16-10-2-1-8(5-9(10)15(17,18)19)21-13-22-11(7-25-13)12-6-20-14-23(12)3-4-24-14/h1-7H,(H,21,22). The van der Waals surface area contributed by atoms with Gasteiger partial charge in [-0.05, 0) is 18.2 Å². The molecule has 0 bridgehead atoms. The Bertz CT molecular complexity index is 1050. The van der Waals surface area contributed by atoms with Gasteiger partial charge in [-0.15, -0.1) is 22.7 Å². The lowest BCUT2D eigenvalue weighted by Gasteiger charge is -2.10. The van der Waals surface area contributed by atoms with Crippen LogP contribution in [0.5, 0.6) is 0 Å². The number of nitrogens with zero attached hydrogens (tertiary/aromatic N) is 3. The van der Waals surface area contributed by atoms with E-state index < -0.39 is 17.6 Å². The fourth-order valence-corrected chi connectivity index (χ4v) is 3.72. The van der Waals surface area contributed by atoms with Crippen LogP contribution < -0.4 is 5.32 Å². The first-order valence-corrected chi connectivity index (χ1v) is 8.68. The van der Waals surface area contributed by atoms with Crippen molar-refractivity contribution in [1.82, 2.24) is 14.4 Å². The summed E-state index contributed by atoms with van der Waals surface area (Å²) >= 11 is 2.72. The van der Waals surface area contributed by atoms with E-state index in [2.05, 4.69) is 15.3 Å². The van der Waals surface area contributed by atoms with Gasteiger partial charge in [0.25, 0.3) is 0 Å². The molecule has 0 saturated heterocycles. The van der Waals surface area contributed by atoms with E-state index in [9.17, 15) is 17.6 Å². The molecule has 1 N–H and O–H groups in total. The van der Waals surface area contributed by atoms with Crippen molar-refractivity contribution >= 4 is 38.5 Å². The van der Waals surface area contributed by atoms with Crippen LogP contribution in [0, 0.1) is 5.82 Å². The molecular weight excluding hydrogens is 376 g/mol. The number of imidazole rings is 1. The van der Waals surface area contributed by atoms with Gasteiger partial charge in [0.2, 0.25) is 0 Å². The quantitative estimate of drug-likeness (QED) is 0.480. The molecule has 0 aliphatic carbocycles. The number of aromatic nitrogens is 3. The zero-order chi connectivity index (χ0) is 17.6. The molecule has 0 atom stereocenters. The van der Waals surface area contributed by atoms with Crippen LogP contribution in [0.4, 0.5) is 28.4 Å². The second kappa shape index (κ2) is 5.81. The maximum absolute atomic E-state index is 13.3. The lowest BCUT2D eigenvalue weighted by molar-refractivity contribution is -0.139. The fraction of sp³-hybridized carbons (Fsp3) is 0.0667. The van der Waals surface area contributed by atoms with Gasteiger partial charge in [-0.2, -0.15) is 13.2 Å². The van der Waals surface area contributed by atoms with Gasteiger partial charge in [0, 0.05) is 22.6 Å². The predicted molar refractivity (Wildman–Crippen MR) is 88.9 cm³/mol. The third-order valence-electron chi connectivity index (χ3n) is 3.44. The Balaban J connectivity index is 1.63. The number of thiazole rings is 2. The summed E-state index contributed by atoms with van der Waals surface area (Å²) in [6.07, 6.45) is -1.20. The number of fused-ring (bicyclic) bond motifs is 1. The summed E-state index contributed by atoms with van der Waals surface area (Å²) < 4.78 is 53.6. The molecule has 3 heterocycles. The summed E-state index contributed by atoms with van der Waals surface area (Å²) in [7, 11) is 0. The van der Waals surface area contributed by atoms with Gasteiger partial charge in [0.05, 0.1) is 17.5 Å². The molecular formula is C15H8F4N4S2. The van der Waals surface area contributed by atoms with Crippen LogP contribution in [0.1, 0.15) is 5.56 Å². The summed E-state index contributed by atoms with van der Waals surface area (Å²) in [6.45, 7) is 0. The van der Waals surface area contributed by atoms with Crippen molar-refractivity contribution in [3.8, 4) is 11.4 Å². The molecule has 4 rings (SSSR count). The van der Waals surface area contributed by atoms with E-state index in [0.29, 0.717) is 10.8 Å². The highest BCUT2D eigenvalue weighted by Gasteiger charge is 2.34. The van der Waals surface area contributed by atoms with Gasteiger partial charge in [-0.25, -0.2) is 14.4 Å². The maximum Gasteiger partial charge on any atom is 0.419 e. The van der Waals surface area contributed by atoms with Crippen molar-refractivity contribution in [2.75, 3.05) is 5.32 Å². The van der Waals surface area contributed by atoms with E-state index in [4.69, 9.17) is 0 Å². The Morgan fingerprint density at radius 1 is 1.16 bits per heavy atom. The molecule has 128 valence electrons. The molecule has 0 unspecified atom stereocenters. The molecule has 10 heteroatoms. The molecule has 0 saturated carbocycles. The molecule has 0 spiro atoms. The third-order valence-corrected chi connectivity index (χ3v) is 4.96. The highest BCUT2D eigenvalue weighted by Crippen LogP contribution is 2.34. The number of anilines is 2. The first-order chi connectivity index (χ1) is 11.9. The van der Waals surface area contributed by atoms with E-state index in [1.165, 1.54) is 28.7 Å². The van der Waals surface area contributed by atoms with Crippen LogP contribution >= 0.6 is 22.7 Å². The maximum atomic E-state index is 13.3. The van der Waals surface area contributed by atoms with Crippen LogP contribution in [0.25, 0.3) is 16.3 Å². The van der Waals surface area contributed by atoms with Crippen LogP contribution in [-0.4, -0.2) is 14.4 Å². The minimum absolute atomic E-state index is 0.114. The SMILES string of the molecule is Fc1ccc(Nc2nc(-c3cnc4sccn34)cs2)cc1C(F)(F)F. The number of halogens is 4. The Kier molecular flexibility index (Phi) is 3.73. The first kappa shape index (κ1) is 16.0. The van der Waals surface area contributed by atoms with Crippen LogP contribution in [0.2, 0.25) is 0 Å². The third kappa shape index (κ3) is 2.98. The molecule has 1 aromatic carbocycles. The number of benzene rings is 1. The van der Waals surface area contributed by atoms with Gasteiger partial charge >= 0.3 is 6.18 Å². The molecule has 25 heavy (non-hydrogen) atoms. The lowest BCUT2D eigenvalue weighted by atomic mass is 10.2.